The van der Waals surface area contributed by atoms with Gasteiger partial charge in [-0.15, -0.1) is 0 Å². The predicted molar refractivity (Wildman–Crippen MR) is 146 cm³/mol. The zero-order valence-corrected chi connectivity index (χ0v) is 21.8. The van der Waals surface area contributed by atoms with Crippen LogP contribution >= 0.6 is 22.9 Å². The number of aromatic nitrogens is 1. The van der Waals surface area contributed by atoms with E-state index in [2.05, 4.69) is 0 Å². The fourth-order valence-electron chi connectivity index (χ4n) is 4.25. The first-order chi connectivity index (χ1) is 18.0. The molecule has 37 heavy (non-hydrogen) atoms. The Hall–Kier alpha value is -3.94. The predicted octanol–water partition coefficient (Wildman–Crippen LogP) is 4.60. The number of thiazole rings is 1. The van der Waals surface area contributed by atoms with Crippen molar-refractivity contribution in [3.8, 4) is 5.75 Å². The van der Waals surface area contributed by atoms with Crippen LogP contribution in [0.1, 0.15) is 29.7 Å². The van der Waals surface area contributed by atoms with E-state index in [0.717, 1.165) is 22.4 Å². The molecule has 0 bridgehead atoms. The molecule has 186 valence electrons. The third-order valence-corrected chi connectivity index (χ3v) is 7.21. The maximum Gasteiger partial charge on any atom is 0.338 e. The number of nitrogens with zero attached hydrogens (tertiary/aromatic N) is 2. The minimum absolute atomic E-state index is 0.194. The van der Waals surface area contributed by atoms with Crippen LogP contribution in [-0.4, -0.2) is 24.3 Å². The molecule has 0 saturated carbocycles. The number of hydrogen-bond donors (Lipinski definition) is 0. The van der Waals surface area contributed by atoms with Gasteiger partial charge in [0.05, 0.1) is 35.6 Å². The fraction of sp³-hybridized carbons (Fsp3) is 0.138. The third kappa shape index (κ3) is 4.88. The summed E-state index contributed by atoms with van der Waals surface area (Å²) < 4.78 is 12.8. The van der Waals surface area contributed by atoms with E-state index in [9.17, 15) is 9.59 Å². The van der Waals surface area contributed by atoms with E-state index >= 15 is 0 Å². The van der Waals surface area contributed by atoms with Crippen LogP contribution in [0.3, 0.4) is 0 Å². The van der Waals surface area contributed by atoms with Crippen molar-refractivity contribution >= 4 is 40.7 Å². The number of ether oxygens (including phenoxy) is 2. The second-order valence-corrected chi connectivity index (χ2v) is 9.70. The largest absolute Gasteiger partial charge is 0.497 e. The minimum Gasteiger partial charge on any atom is -0.497 e. The molecule has 6 nitrogen and oxygen atoms in total. The summed E-state index contributed by atoms with van der Waals surface area (Å²) in [6, 6.07) is 23.3. The number of halogens is 1. The first-order valence-electron chi connectivity index (χ1n) is 11.7. The molecule has 0 fully saturated rings. The van der Waals surface area contributed by atoms with E-state index in [4.69, 9.17) is 26.1 Å². The molecular weight excluding hydrogens is 508 g/mol. The Morgan fingerprint density at radius 3 is 2.41 bits per heavy atom. The molecule has 0 N–H and O–H groups in total. The Bertz CT molecular complexity index is 1650. The van der Waals surface area contributed by atoms with Crippen molar-refractivity contribution in [2.75, 3.05) is 13.7 Å². The summed E-state index contributed by atoms with van der Waals surface area (Å²) in [5.41, 5.74) is 2.88. The zero-order chi connectivity index (χ0) is 25.9. The summed E-state index contributed by atoms with van der Waals surface area (Å²) in [4.78, 5) is 32.6. The van der Waals surface area contributed by atoms with Gasteiger partial charge in [0.25, 0.3) is 5.56 Å². The highest BCUT2D eigenvalue weighted by molar-refractivity contribution is 7.07. The van der Waals surface area contributed by atoms with E-state index in [-0.39, 0.29) is 12.2 Å². The summed E-state index contributed by atoms with van der Waals surface area (Å²) in [6.07, 6.45) is 1.82. The van der Waals surface area contributed by atoms with Crippen molar-refractivity contribution in [3.63, 3.8) is 0 Å². The van der Waals surface area contributed by atoms with E-state index in [1.807, 2.05) is 72.8 Å². The number of carbonyl (C=O) groups excluding carboxylic acids is 1. The number of rotatable bonds is 6. The summed E-state index contributed by atoms with van der Waals surface area (Å²) >= 11 is 7.45. The number of benzene rings is 3. The SMILES string of the molecule is CCOC(=O)C1=C(c2ccccc2)N=c2s/c(=C\c3ccc(OC)cc3)c(=O)n2[C@H]1c1ccc(Cl)cc1. The van der Waals surface area contributed by atoms with E-state index < -0.39 is 12.0 Å². The van der Waals surface area contributed by atoms with Gasteiger partial charge in [0.1, 0.15) is 5.75 Å². The Morgan fingerprint density at radius 1 is 1.05 bits per heavy atom. The first-order valence-corrected chi connectivity index (χ1v) is 12.9. The van der Waals surface area contributed by atoms with Gasteiger partial charge in [-0.25, -0.2) is 9.79 Å². The molecule has 0 spiro atoms. The van der Waals surface area contributed by atoms with Gasteiger partial charge < -0.3 is 9.47 Å². The van der Waals surface area contributed by atoms with Crippen molar-refractivity contribution in [2.24, 2.45) is 4.99 Å². The third-order valence-electron chi connectivity index (χ3n) is 5.97. The Kier molecular flexibility index (Phi) is 7.08. The molecule has 0 aliphatic carbocycles. The highest BCUT2D eigenvalue weighted by atomic mass is 35.5. The molecular formula is C29H23ClN2O4S. The average Bonchev–Trinajstić information content (AvgIpc) is 3.23. The van der Waals surface area contributed by atoms with Crippen LogP contribution in [0.4, 0.5) is 0 Å². The number of carbonyl (C=O) groups is 1. The summed E-state index contributed by atoms with van der Waals surface area (Å²) in [6.45, 7) is 1.95. The Labute approximate surface area is 222 Å². The molecule has 1 aliphatic heterocycles. The molecule has 3 aromatic carbocycles. The van der Waals surface area contributed by atoms with Gasteiger partial charge in [0.15, 0.2) is 4.80 Å². The average molecular weight is 531 g/mol. The lowest BCUT2D eigenvalue weighted by atomic mass is 9.93. The van der Waals surface area contributed by atoms with Crippen molar-refractivity contribution in [2.45, 2.75) is 13.0 Å². The van der Waals surface area contributed by atoms with Crippen LogP contribution < -0.4 is 19.6 Å². The van der Waals surface area contributed by atoms with Crippen LogP contribution in [0.2, 0.25) is 5.02 Å². The molecule has 4 aromatic rings. The molecule has 0 radical (unpaired) electrons. The monoisotopic (exact) mass is 530 g/mol. The number of fused-ring (bicyclic) bond motifs is 1. The van der Waals surface area contributed by atoms with Gasteiger partial charge in [-0.3, -0.25) is 9.36 Å². The van der Waals surface area contributed by atoms with Gasteiger partial charge in [-0.1, -0.05) is 77.5 Å². The standard InChI is InChI=1S/C29H23ClN2O4S/c1-3-36-28(34)24-25(19-7-5-4-6-8-19)31-29-32(26(24)20-11-13-21(30)14-12-20)27(33)23(37-29)17-18-9-15-22(35-2)16-10-18/h4-17,26H,3H2,1-2H3/b23-17-/t26-/m0/s1. The van der Waals surface area contributed by atoms with E-state index in [0.29, 0.717) is 25.6 Å². The molecule has 1 aromatic heterocycles. The molecule has 0 saturated heterocycles. The Morgan fingerprint density at radius 2 is 1.76 bits per heavy atom. The number of hydrogen-bond acceptors (Lipinski definition) is 6. The van der Waals surface area contributed by atoms with Crippen LogP contribution in [-0.2, 0) is 9.53 Å². The summed E-state index contributed by atoms with van der Waals surface area (Å²) in [7, 11) is 1.61. The molecule has 2 heterocycles. The van der Waals surface area contributed by atoms with Crippen LogP contribution in [0, 0.1) is 0 Å². The summed E-state index contributed by atoms with van der Waals surface area (Å²) in [5.74, 6) is 0.211. The normalized spacial score (nSPS) is 15.2. The highest BCUT2D eigenvalue weighted by Gasteiger charge is 2.35. The van der Waals surface area contributed by atoms with E-state index in [1.165, 1.54) is 11.3 Å². The number of esters is 1. The van der Waals surface area contributed by atoms with Gasteiger partial charge in [-0.05, 0) is 48.4 Å². The smallest absolute Gasteiger partial charge is 0.338 e. The lowest BCUT2D eigenvalue weighted by molar-refractivity contribution is -0.138. The molecule has 0 unspecified atom stereocenters. The maximum absolute atomic E-state index is 13.8. The van der Waals surface area contributed by atoms with Crippen molar-refractivity contribution < 1.29 is 14.3 Å². The quantitative estimate of drug-likeness (QED) is 0.342. The highest BCUT2D eigenvalue weighted by Crippen LogP contribution is 2.35. The van der Waals surface area contributed by atoms with Gasteiger partial charge in [0.2, 0.25) is 0 Å². The fourth-order valence-corrected chi connectivity index (χ4v) is 5.38. The lowest BCUT2D eigenvalue weighted by Crippen LogP contribution is -2.40. The molecule has 1 atom stereocenters. The van der Waals surface area contributed by atoms with Gasteiger partial charge in [-0.2, -0.15) is 0 Å². The Balaban J connectivity index is 1.80. The molecule has 1 aliphatic rings. The molecule has 8 heteroatoms. The maximum atomic E-state index is 13.8. The van der Waals surface area contributed by atoms with Crippen molar-refractivity contribution in [3.05, 3.63) is 126 Å². The molecule has 5 rings (SSSR count). The van der Waals surface area contributed by atoms with Crippen LogP contribution in [0.15, 0.2) is 94.2 Å². The number of methoxy groups -OCH3 is 1. The van der Waals surface area contributed by atoms with Crippen LogP contribution in [0.5, 0.6) is 5.75 Å². The van der Waals surface area contributed by atoms with Crippen LogP contribution in [0.25, 0.3) is 11.8 Å². The van der Waals surface area contributed by atoms with E-state index in [1.54, 1.807) is 30.7 Å². The first kappa shape index (κ1) is 24.7. The summed E-state index contributed by atoms with van der Waals surface area (Å²) in [5, 5.41) is 0.556. The molecule has 0 amide bonds. The van der Waals surface area contributed by atoms with Gasteiger partial charge >= 0.3 is 5.97 Å². The zero-order valence-electron chi connectivity index (χ0n) is 20.2. The van der Waals surface area contributed by atoms with Crippen molar-refractivity contribution in [1.29, 1.82) is 0 Å². The topological polar surface area (TPSA) is 69.9 Å². The van der Waals surface area contributed by atoms with Crippen molar-refractivity contribution in [1.82, 2.24) is 4.57 Å². The lowest BCUT2D eigenvalue weighted by Gasteiger charge is -2.25. The minimum atomic E-state index is -0.735. The second-order valence-electron chi connectivity index (χ2n) is 8.26. The van der Waals surface area contributed by atoms with Gasteiger partial charge in [0, 0.05) is 10.6 Å². The second kappa shape index (κ2) is 10.6.